The molecule has 2 amide bonds. The van der Waals surface area contributed by atoms with Crippen LogP contribution < -0.4 is 0 Å². The Morgan fingerprint density at radius 2 is 2.12 bits per heavy atom. The van der Waals surface area contributed by atoms with Gasteiger partial charge in [0.05, 0.1) is 53.0 Å². The molecule has 34 heavy (non-hydrogen) atoms. The molecule has 1 aromatic carbocycles. The van der Waals surface area contributed by atoms with E-state index in [0.29, 0.717) is 31.8 Å². The molecule has 174 valence electrons. The number of thiazole rings is 1. The summed E-state index contributed by atoms with van der Waals surface area (Å²) in [5.74, 6) is -0.354. The van der Waals surface area contributed by atoms with Crippen LogP contribution in [0.15, 0.2) is 54.3 Å². The van der Waals surface area contributed by atoms with E-state index >= 15 is 0 Å². The molecule has 0 spiro atoms. The highest BCUT2D eigenvalue weighted by Crippen LogP contribution is 2.19. The molecule has 1 aliphatic heterocycles. The number of pyridine rings is 1. The van der Waals surface area contributed by atoms with Gasteiger partial charge in [0, 0.05) is 30.2 Å². The van der Waals surface area contributed by atoms with Gasteiger partial charge in [0.25, 0.3) is 5.91 Å². The molecule has 1 fully saturated rings. The number of H-pyrrole nitrogens is 1. The smallest absolute Gasteiger partial charge is 0.254 e. The lowest BCUT2D eigenvalue weighted by molar-refractivity contribution is -0.132. The van der Waals surface area contributed by atoms with E-state index in [4.69, 9.17) is 4.74 Å². The molecule has 1 unspecified atom stereocenters. The molecule has 1 aliphatic rings. The zero-order valence-electron chi connectivity index (χ0n) is 18.7. The Kier molecular flexibility index (Phi) is 6.33. The molecule has 4 aromatic rings. The van der Waals surface area contributed by atoms with Gasteiger partial charge in [0.2, 0.25) is 5.91 Å². The number of aromatic amines is 1. The first kappa shape index (κ1) is 22.2. The second-order valence-corrected chi connectivity index (χ2v) is 9.27. The van der Waals surface area contributed by atoms with Crippen molar-refractivity contribution in [2.24, 2.45) is 0 Å². The lowest BCUT2D eigenvalue weighted by Crippen LogP contribution is -2.39. The van der Waals surface area contributed by atoms with E-state index in [1.165, 1.54) is 0 Å². The predicted octanol–water partition coefficient (Wildman–Crippen LogP) is 2.79. The van der Waals surface area contributed by atoms with Gasteiger partial charge >= 0.3 is 0 Å². The van der Waals surface area contributed by atoms with E-state index in [0.717, 1.165) is 27.4 Å². The maximum Gasteiger partial charge on any atom is 0.254 e. The first-order chi connectivity index (χ1) is 16.5. The zero-order chi connectivity index (χ0) is 23.5. The molecule has 4 heterocycles. The molecule has 10 heteroatoms. The molecular weight excluding hydrogens is 452 g/mol. The van der Waals surface area contributed by atoms with Crippen LogP contribution >= 0.6 is 11.3 Å². The van der Waals surface area contributed by atoms with Gasteiger partial charge in [-0.3, -0.25) is 14.6 Å². The normalized spacial score (nSPS) is 16.7. The summed E-state index contributed by atoms with van der Waals surface area (Å²) in [5.41, 5.74) is 3.68. The van der Waals surface area contributed by atoms with Gasteiger partial charge in [0.15, 0.2) is 0 Å². The van der Waals surface area contributed by atoms with Crippen LogP contribution in [0.1, 0.15) is 26.8 Å². The van der Waals surface area contributed by atoms with Crippen LogP contribution in [-0.2, 0) is 22.7 Å². The fraction of sp³-hybridized carbons (Fsp3) is 0.292. The molecule has 1 N–H and O–H groups in total. The van der Waals surface area contributed by atoms with Gasteiger partial charge in [-0.05, 0) is 37.3 Å². The molecule has 0 radical (unpaired) electrons. The molecule has 0 saturated carbocycles. The summed E-state index contributed by atoms with van der Waals surface area (Å²) in [6, 6.07) is 10.9. The van der Waals surface area contributed by atoms with Crippen molar-refractivity contribution in [3.05, 3.63) is 76.3 Å². The van der Waals surface area contributed by atoms with E-state index < -0.39 is 0 Å². The summed E-state index contributed by atoms with van der Waals surface area (Å²) in [6.45, 7) is 3.26. The molecule has 1 atom stereocenters. The van der Waals surface area contributed by atoms with Crippen molar-refractivity contribution < 1.29 is 14.3 Å². The summed E-state index contributed by atoms with van der Waals surface area (Å²) in [4.78, 5) is 45.9. The zero-order valence-corrected chi connectivity index (χ0v) is 19.5. The average molecular weight is 477 g/mol. The number of carbonyl (C=O) groups is 2. The Bertz CT molecular complexity index is 1300. The van der Waals surface area contributed by atoms with Crippen LogP contribution in [-0.4, -0.2) is 67.3 Å². The maximum absolute atomic E-state index is 13.4. The Hall–Kier alpha value is -3.63. The number of hydrogen-bond acceptors (Lipinski definition) is 7. The van der Waals surface area contributed by atoms with Crippen LogP contribution in [0, 0.1) is 6.92 Å². The van der Waals surface area contributed by atoms with Crippen molar-refractivity contribution in [2.45, 2.75) is 26.2 Å². The third-order valence-corrected chi connectivity index (χ3v) is 6.52. The quantitative estimate of drug-likeness (QED) is 0.459. The van der Waals surface area contributed by atoms with E-state index in [1.807, 2.05) is 30.5 Å². The molecule has 3 aromatic heterocycles. The number of aryl methyl sites for hydroxylation is 1. The third-order valence-electron chi connectivity index (χ3n) is 5.69. The lowest BCUT2D eigenvalue weighted by atomic mass is 10.1. The number of fused-ring (bicyclic) bond motifs is 1. The largest absolute Gasteiger partial charge is 0.368 e. The Labute approximate surface area is 200 Å². The van der Waals surface area contributed by atoms with Crippen molar-refractivity contribution in [2.75, 3.05) is 19.6 Å². The van der Waals surface area contributed by atoms with Crippen LogP contribution in [0.5, 0.6) is 0 Å². The fourth-order valence-electron chi connectivity index (χ4n) is 4.01. The first-order valence-electron chi connectivity index (χ1n) is 11.0. The van der Waals surface area contributed by atoms with Crippen molar-refractivity contribution in [3.8, 4) is 0 Å². The molecule has 1 saturated heterocycles. The summed E-state index contributed by atoms with van der Waals surface area (Å²) in [7, 11) is 0. The van der Waals surface area contributed by atoms with Gasteiger partial charge in [-0.25, -0.2) is 9.97 Å². The van der Waals surface area contributed by atoms with E-state index in [9.17, 15) is 9.59 Å². The number of imidazole rings is 1. The van der Waals surface area contributed by atoms with Crippen molar-refractivity contribution in [1.29, 1.82) is 0 Å². The number of nitrogens with one attached hydrogen (secondary N) is 1. The summed E-state index contributed by atoms with van der Waals surface area (Å²) in [5, 5.41) is 2.91. The molecule has 0 aliphatic carbocycles. The molecule has 5 rings (SSSR count). The van der Waals surface area contributed by atoms with E-state index in [2.05, 4.69) is 19.9 Å². The van der Waals surface area contributed by atoms with Gasteiger partial charge in [-0.15, -0.1) is 11.3 Å². The monoisotopic (exact) mass is 476 g/mol. The van der Waals surface area contributed by atoms with Crippen LogP contribution in [0.3, 0.4) is 0 Å². The van der Waals surface area contributed by atoms with Crippen LogP contribution in [0.2, 0.25) is 0 Å². The molecule has 0 bridgehead atoms. The minimum Gasteiger partial charge on any atom is -0.368 e. The average Bonchev–Trinajstić information content (AvgIpc) is 3.45. The van der Waals surface area contributed by atoms with Gasteiger partial charge < -0.3 is 19.5 Å². The van der Waals surface area contributed by atoms with Crippen molar-refractivity contribution >= 4 is 34.2 Å². The number of carbonyl (C=O) groups excluding carboxylic acids is 2. The minimum atomic E-state index is -0.368. The predicted molar refractivity (Wildman–Crippen MR) is 127 cm³/mol. The summed E-state index contributed by atoms with van der Waals surface area (Å²) in [6.07, 6.45) is 2.94. The number of benzene rings is 1. The minimum absolute atomic E-state index is 0.0214. The van der Waals surface area contributed by atoms with Crippen LogP contribution in [0.25, 0.3) is 11.0 Å². The highest BCUT2D eigenvalue weighted by Gasteiger charge is 2.32. The van der Waals surface area contributed by atoms with Gasteiger partial charge in [0.1, 0.15) is 6.54 Å². The highest BCUT2D eigenvalue weighted by atomic mass is 32.1. The van der Waals surface area contributed by atoms with Crippen molar-refractivity contribution in [3.63, 3.8) is 0 Å². The third kappa shape index (κ3) is 4.97. The Morgan fingerprint density at radius 1 is 1.21 bits per heavy atom. The lowest BCUT2D eigenvalue weighted by Gasteiger charge is -2.24. The number of nitrogens with zero attached hydrogens (tertiary/aromatic N) is 5. The van der Waals surface area contributed by atoms with Gasteiger partial charge in [-0.1, -0.05) is 6.07 Å². The Balaban J connectivity index is 1.37. The number of amides is 2. The maximum atomic E-state index is 13.4. The highest BCUT2D eigenvalue weighted by molar-refractivity contribution is 7.09. The van der Waals surface area contributed by atoms with E-state index in [1.54, 1.807) is 51.9 Å². The van der Waals surface area contributed by atoms with E-state index in [-0.39, 0.29) is 24.5 Å². The number of rotatable bonds is 6. The van der Waals surface area contributed by atoms with Crippen molar-refractivity contribution in [1.82, 2.24) is 29.7 Å². The number of hydrogen-bond donors (Lipinski definition) is 1. The second-order valence-electron chi connectivity index (χ2n) is 8.21. The number of aromatic nitrogens is 4. The van der Waals surface area contributed by atoms with Crippen LogP contribution in [0.4, 0.5) is 0 Å². The second kappa shape index (κ2) is 9.70. The standard InChI is InChI=1S/C24H24N6O3S/c1-16-28-19(14-34-16)9-29-10-20(33-13-18-4-2-3-7-25-18)11-30(12-23(29)31)24(32)17-5-6-21-22(8-17)27-15-26-21/h2-8,14-15,20H,9-13H2,1H3,(H,26,27). The summed E-state index contributed by atoms with van der Waals surface area (Å²) < 4.78 is 6.16. The molecular formula is C24H24N6O3S. The summed E-state index contributed by atoms with van der Waals surface area (Å²) >= 11 is 1.55. The SMILES string of the molecule is Cc1nc(CN2CC(OCc3ccccn3)CN(C(=O)c3ccc4nc[nH]c4c3)CC2=O)cs1. The number of ether oxygens (including phenoxy) is 1. The Morgan fingerprint density at radius 3 is 2.91 bits per heavy atom. The fourth-order valence-corrected chi connectivity index (χ4v) is 4.61. The van der Waals surface area contributed by atoms with Gasteiger partial charge in [-0.2, -0.15) is 0 Å². The molecule has 9 nitrogen and oxygen atoms in total. The topological polar surface area (TPSA) is 104 Å². The first-order valence-corrected chi connectivity index (χ1v) is 11.9.